The molecular weight excluding hydrogens is 649 g/mol. The van der Waals surface area contributed by atoms with Gasteiger partial charge in [0.05, 0.1) is 38.3 Å². The van der Waals surface area contributed by atoms with Crippen molar-refractivity contribution >= 4 is 41.3 Å². The molecule has 268 valence electrons. The first-order valence-corrected chi connectivity index (χ1v) is 22.1. The van der Waals surface area contributed by atoms with Gasteiger partial charge in [0.1, 0.15) is 12.2 Å². The molecule has 0 fully saturated rings. The molecule has 0 aliphatic rings. The number of ether oxygens (including phenoxy) is 8. The largest absolute Gasteiger partial charge is 0.513 e. The van der Waals surface area contributed by atoms with Crippen molar-refractivity contribution in [1.29, 1.82) is 0 Å². The zero-order valence-corrected chi connectivity index (χ0v) is 30.5. The summed E-state index contributed by atoms with van der Waals surface area (Å²) < 4.78 is 46.1. The summed E-state index contributed by atoms with van der Waals surface area (Å²) in [5.74, 6) is 0. The summed E-state index contributed by atoms with van der Waals surface area (Å²) in [6.45, 7) is 22.5. The van der Waals surface area contributed by atoms with Gasteiger partial charge in [0, 0.05) is 0 Å². The van der Waals surface area contributed by atoms with Crippen LogP contribution < -0.4 is 0 Å². The maximum Gasteiger partial charge on any atom is 0.513 e. The van der Waals surface area contributed by atoms with Crippen LogP contribution in [-0.2, 0) is 42.0 Å². The number of carbonyl (C=O) groups excluding carboxylic acids is 4. The van der Waals surface area contributed by atoms with E-state index in [4.69, 9.17) is 32.5 Å². The Kier molecular flexibility index (Phi) is 23.6. The number of unbranched alkanes of at least 4 members (excludes halogenated alkanes) is 2. The Hall–Kier alpha value is -3.57. The van der Waals surface area contributed by atoms with Crippen LogP contribution in [0.3, 0.4) is 0 Å². The molecule has 0 saturated carbocycles. The molecule has 47 heavy (non-hydrogen) atoms. The van der Waals surface area contributed by atoms with Crippen LogP contribution in [0.15, 0.2) is 51.4 Å². The minimum absolute atomic E-state index is 0.180. The van der Waals surface area contributed by atoms with Crippen molar-refractivity contribution in [3.05, 3.63) is 51.4 Å². The lowest BCUT2D eigenvalue weighted by Gasteiger charge is -2.34. The Morgan fingerprint density at radius 1 is 0.511 bits per heavy atom. The van der Waals surface area contributed by atoms with E-state index in [1.54, 1.807) is 0 Å². The first-order chi connectivity index (χ1) is 22.3. The van der Waals surface area contributed by atoms with Crippen molar-refractivity contribution in [2.45, 2.75) is 115 Å². The maximum atomic E-state index is 11.9. The van der Waals surface area contributed by atoms with E-state index >= 15 is 0 Å². The van der Waals surface area contributed by atoms with Crippen molar-refractivity contribution in [2.75, 3.05) is 13.2 Å². The van der Waals surface area contributed by atoms with Gasteiger partial charge >= 0.3 is 24.6 Å². The van der Waals surface area contributed by atoms with Gasteiger partial charge in [0.2, 0.25) is 0 Å². The number of carbonyl (C=O) groups is 4. The second-order valence-corrected chi connectivity index (χ2v) is 20.6. The van der Waals surface area contributed by atoms with Crippen molar-refractivity contribution in [2.24, 2.45) is 0 Å². The molecule has 0 heterocycles. The molecule has 2 unspecified atom stereocenters. The SMILES string of the molecule is C=COC(=O)OCCCCC(CCC[Si](C)(C)O[Si](C)(C)CCCC(CCCCOC(=O)OC=C)OC(=O)OC=C)OC(=O)OC=C. The van der Waals surface area contributed by atoms with E-state index in [2.05, 4.69) is 62.0 Å². The molecule has 0 saturated heterocycles. The highest BCUT2D eigenvalue weighted by atomic mass is 28.4. The second-order valence-electron chi connectivity index (χ2n) is 11.7. The van der Waals surface area contributed by atoms with E-state index in [0.717, 1.165) is 50.0 Å². The highest BCUT2D eigenvalue weighted by molar-refractivity contribution is 6.84. The number of hydrogen-bond acceptors (Lipinski definition) is 13. The molecule has 0 aromatic rings. The van der Waals surface area contributed by atoms with Gasteiger partial charge in [-0.25, -0.2) is 19.2 Å². The van der Waals surface area contributed by atoms with Gasteiger partial charge in [-0.05, 0) is 89.6 Å². The molecule has 0 amide bonds. The topological polar surface area (TPSA) is 151 Å². The Labute approximate surface area is 281 Å². The summed E-state index contributed by atoms with van der Waals surface area (Å²) in [7, 11) is -4.13. The molecule has 0 N–H and O–H groups in total. The third-order valence-corrected chi connectivity index (χ3v) is 14.2. The Bertz CT molecular complexity index is 908. The third-order valence-electron chi connectivity index (χ3n) is 6.69. The number of rotatable bonds is 26. The molecule has 0 aromatic heterocycles. The van der Waals surface area contributed by atoms with Crippen molar-refractivity contribution in [3.63, 3.8) is 0 Å². The summed E-state index contributed by atoms with van der Waals surface area (Å²) in [5.41, 5.74) is 0. The lowest BCUT2D eigenvalue weighted by atomic mass is 10.1. The molecule has 15 heteroatoms. The van der Waals surface area contributed by atoms with Crippen molar-refractivity contribution in [1.82, 2.24) is 0 Å². The second kappa shape index (κ2) is 25.5. The highest BCUT2D eigenvalue weighted by Gasteiger charge is 2.33. The first-order valence-electron chi connectivity index (χ1n) is 15.8. The Morgan fingerprint density at radius 3 is 1.17 bits per heavy atom. The minimum Gasteiger partial charge on any atom is -0.455 e. The van der Waals surface area contributed by atoms with Gasteiger partial charge in [-0.15, -0.1) is 0 Å². The average molecular weight is 703 g/mol. The quantitative estimate of drug-likeness (QED) is 0.0277. The van der Waals surface area contributed by atoms with Crippen LogP contribution in [0.5, 0.6) is 0 Å². The maximum absolute atomic E-state index is 11.9. The predicted octanol–water partition coefficient (Wildman–Crippen LogP) is 9.24. The molecule has 0 aliphatic carbocycles. The third kappa shape index (κ3) is 25.2. The molecule has 0 bridgehead atoms. The van der Waals surface area contributed by atoms with Crippen LogP contribution in [0.1, 0.15) is 64.2 Å². The average Bonchev–Trinajstić information content (AvgIpc) is 2.96. The van der Waals surface area contributed by atoms with Crippen LogP contribution in [0.2, 0.25) is 38.3 Å². The normalized spacial score (nSPS) is 12.3. The lowest BCUT2D eigenvalue weighted by molar-refractivity contribution is 0.0362. The molecule has 0 aliphatic heterocycles. The van der Waals surface area contributed by atoms with Crippen LogP contribution in [0, 0.1) is 0 Å². The molecule has 0 spiro atoms. The Morgan fingerprint density at radius 2 is 0.830 bits per heavy atom. The van der Waals surface area contributed by atoms with Gasteiger partial charge in [-0.2, -0.15) is 0 Å². The van der Waals surface area contributed by atoms with E-state index in [0.29, 0.717) is 51.4 Å². The monoisotopic (exact) mass is 702 g/mol. The summed E-state index contributed by atoms with van der Waals surface area (Å²) >= 11 is 0. The van der Waals surface area contributed by atoms with Crippen LogP contribution in [0.4, 0.5) is 19.2 Å². The molecule has 0 aromatic carbocycles. The molecule has 2 atom stereocenters. The predicted molar refractivity (Wildman–Crippen MR) is 180 cm³/mol. The summed E-state index contributed by atoms with van der Waals surface area (Å²) in [5, 5.41) is 0. The van der Waals surface area contributed by atoms with E-state index in [1.807, 2.05) is 0 Å². The Balaban J connectivity index is 4.84. The fourth-order valence-corrected chi connectivity index (χ4v) is 13.7. The van der Waals surface area contributed by atoms with E-state index < -0.39 is 41.3 Å². The summed E-state index contributed by atoms with van der Waals surface area (Å²) in [4.78, 5) is 46.4. The van der Waals surface area contributed by atoms with Gasteiger partial charge < -0.3 is 42.0 Å². The van der Waals surface area contributed by atoms with Gasteiger partial charge in [0.15, 0.2) is 16.6 Å². The minimum atomic E-state index is -2.06. The first kappa shape index (κ1) is 43.4. The van der Waals surface area contributed by atoms with E-state index in [1.165, 1.54) is 0 Å². The molecule has 13 nitrogen and oxygen atoms in total. The van der Waals surface area contributed by atoms with Crippen LogP contribution in [0.25, 0.3) is 0 Å². The zero-order chi connectivity index (χ0) is 35.6. The standard InChI is InChI=1S/C32H54O13Si2/c1-9-37-29(33)41-23-15-13-19-27(43-31(35)39-11-3)21-17-25-46(5,6)45-47(7,8)26-18-22-28(44-32(36)40-12-4)20-14-16-24-42-30(34)38-10-2/h9-12,27-28H,1-4,13-26H2,5-8H3. The van der Waals surface area contributed by atoms with E-state index in [9.17, 15) is 19.2 Å². The van der Waals surface area contributed by atoms with E-state index in [-0.39, 0.29) is 25.4 Å². The smallest absolute Gasteiger partial charge is 0.455 e. The molecule has 0 radical (unpaired) electrons. The zero-order valence-electron chi connectivity index (χ0n) is 28.5. The van der Waals surface area contributed by atoms with Crippen LogP contribution in [-0.4, -0.2) is 66.7 Å². The van der Waals surface area contributed by atoms with Gasteiger partial charge in [-0.1, -0.05) is 39.2 Å². The van der Waals surface area contributed by atoms with Gasteiger partial charge in [0.25, 0.3) is 0 Å². The summed E-state index contributed by atoms with van der Waals surface area (Å²) in [6, 6.07) is 1.75. The molecule has 0 rings (SSSR count). The van der Waals surface area contributed by atoms with Crippen molar-refractivity contribution in [3.8, 4) is 0 Å². The number of hydrogen-bond donors (Lipinski definition) is 0. The highest BCUT2D eigenvalue weighted by Crippen LogP contribution is 2.27. The lowest BCUT2D eigenvalue weighted by Crippen LogP contribution is -2.44. The van der Waals surface area contributed by atoms with Gasteiger partial charge in [-0.3, -0.25) is 0 Å². The summed E-state index contributed by atoms with van der Waals surface area (Å²) in [6.07, 6.45) is 6.59. The fourth-order valence-electron chi connectivity index (χ4n) is 4.81. The van der Waals surface area contributed by atoms with Crippen molar-refractivity contribution < 1.29 is 61.2 Å². The fraction of sp³-hybridized carbons (Fsp3) is 0.625. The van der Waals surface area contributed by atoms with Crippen LogP contribution >= 0.6 is 0 Å². The molecular formula is C32H54O13Si2.